The summed E-state index contributed by atoms with van der Waals surface area (Å²) in [6.45, 7) is 9.64. The predicted octanol–water partition coefficient (Wildman–Crippen LogP) is 3.67. The van der Waals surface area contributed by atoms with Crippen LogP contribution in [-0.4, -0.2) is 17.7 Å². The van der Waals surface area contributed by atoms with E-state index in [2.05, 4.69) is 27.7 Å². The van der Waals surface area contributed by atoms with Gasteiger partial charge in [0.1, 0.15) is 0 Å². The van der Waals surface area contributed by atoms with Crippen LogP contribution in [0.2, 0.25) is 0 Å². The minimum Gasteiger partial charge on any atom is -0.393 e. The van der Waals surface area contributed by atoms with Gasteiger partial charge in [-0.1, -0.05) is 39.9 Å². The molecule has 0 aliphatic heterocycles. The molecule has 0 heterocycles. The monoisotopic (exact) mass is 257 g/mol. The van der Waals surface area contributed by atoms with Crippen molar-refractivity contribution < 1.29 is 4.74 Å². The van der Waals surface area contributed by atoms with E-state index >= 15 is 0 Å². The normalized spacial score (nSPS) is 21.4. The Labute approximate surface area is 111 Å². The summed E-state index contributed by atoms with van der Waals surface area (Å²) in [6.07, 6.45) is 6.31. The zero-order valence-corrected chi connectivity index (χ0v) is 12.5. The maximum atomic E-state index is 5.95. The Morgan fingerprint density at radius 2 is 1.88 bits per heavy atom. The predicted molar refractivity (Wildman–Crippen MR) is 77.2 cm³/mol. The van der Waals surface area contributed by atoms with Crippen molar-refractivity contribution in [1.29, 1.82) is 0 Å². The van der Waals surface area contributed by atoms with Gasteiger partial charge in [0, 0.05) is 12.0 Å². The molecule has 1 rings (SSSR count). The highest BCUT2D eigenvalue weighted by Crippen LogP contribution is 2.36. The van der Waals surface area contributed by atoms with Crippen LogP contribution in [0.25, 0.3) is 0 Å². The van der Waals surface area contributed by atoms with Crippen molar-refractivity contribution in [3.63, 3.8) is 0 Å². The van der Waals surface area contributed by atoms with Gasteiger partial charge in [-0.05, 0) is 37.5 Å². The number of rotatable bonds is 5. The molecule has 0 unspecified atom stereocenters. The molecule has 0 amide bonds. The molecule has 1 aliphatic carbocycles. The Hall–Kier alpha value is -0.150. The van der Waals surface area contributed by atoms with Gasteiger partial charge in [0.25, 0.3) is 0 Å². The first-order valence-corrected chi connectivity index (χ1v) is 7.05. The van der Waals surface area contributed by atoms with Crippen LogP contribution >= 0.6 is 12.2 Å². The van der Waals surface area contributed by atoms with E-state index in [-0.39, 0.29) is 5.41 Å². The quantitative estimate of drug-likeness (QED) is 0.763. The van der Waals surface area contributed by atoms with E-state index in [1.807, 2.05) is 0 Å². The highest BCUT2D eigenvalue weighted by Gasteiger charge is 2.28. The fraction of sp³-hybridized carbons (Fsp3) is 0.929. The third-order valence-corrected chi connectivity index (χ3v) is 4.59. The molecular formula is C14H27NOS. The topological polar surface area (TPSA) is 35.2 Å². The second-order valence-electron chi connectivity index (χ2n) is 6.73. The first kappa shape index (κ1) is 14.9. The SMILES string of the molecule is CC1(C)CCC(OCCC(C)(C)C(N)=S)CC1. The van der Waals surface area contributed by atoms with Crippen molar-refractivity contribution in [3.8, 4) is 0 Å². The number of ether oxygens (including phenoxy) is 1. The molecular weight excluding hydrogens is 230 g/mol. The van der Waals surface area contributed by atoms with Crippen LogP contribution in [0.5, 0.6) is 0 Å². The summed E-state index contributed by atoms with van der Waals surface area (Å²) in [7, 11) is 0. The van der Waals surface area contributed by atoms with Crippen molar-refractivity contribution in [2.24, 2.45) is 16.6 Å². The Balaban J connectivity index is 2.23. The van der Waals surface area contributed by atoms with Crippen LogP contribution in [0, 0.1) is 10.8 Å². The largest absolute Gasteiger partial charge is 0.393 e. The standard InChI is InChI=1S/C14H27NOS/c1-13(2)7-5-11(6-8-13)16-10-9-14(3,4)12(15)17/h11H,5-10H2,1-4H3,(H2,15,17). The van der Waals surface area contributed by atoms with Crippen LogP contribution in [0.3, 0.4) is 0 Å². The molecule has 0 atom stereocenters. The summed E-state index contributed by atoms with van der Waals surface area (Å²) in [6, 6.07) is 0. The van der Waals surface area contributed by atoms with Crippen molar-refractivity contribution in [2.75, 3.05) is 6.61 Å². The molecule has 0 aromatic rings. The summed E-state index contributed by atoms with van der Waals surface area (Å²) in [5, 5.41) is 0. The van der Waals surface area contributed by atoms with E-state index in [0.717, 1.165) is 13.0 Å². The van der Waals surface area contributed by atoms with Crippen molar-refractivity contribution in [1.82, 2.24) is 0 Å². The molecule has 1 saturated carbocycles. The van der Waals surface area contributed by atoms with E-state index in [0.29, 0.717) is 16.5 Å². The molecule has 0 saturated heterocycles. The second-order valence-corrected chi connectivity index (χ2v) is 7.17. The molecule has 0 radical (unpaired) electrons. The number of hydrogen-bond donors (Lipinski definition) is 1. The third kappa shape index (κ3) is 4.92. The van der Waals surface area contributed by atoms with Gasteiger partial charge in [-0.2, -0.15) is 0 Å². The van der Waals surface area contributed by atoms with E-state index in [1.165, 1.54) is 25.7 Å². The van der Waals surface area contributed by atoms with Crippen LogP contribution in [0.15, 0.2) is 0 Å². The number of nitrogens with two attached hydrogens (primary N) is 1. The molecule has 1 aliphatic rings. The van der Waals surface area contributed by atoms with Gasteiger partial charge < -0.3 is 10.5 Å². The summed E-state index contributed by atoms with van der Waals surface area (Å²) < 4.78 is 5.95. The first-order valence-electron chi connectivity index (χ1n) is 6.64. The highest BCUT2D eigenvalue weighted by molar-refractivity contribution is 7.80. The lowest BCUT2D eigenvalue weighted by atomic mass is 9.76. The fourth-order valence-electron chi connectivity index (χ4n) is 2.14. The fourth-order valence-corrected chi connectivity index (χ4v) is 2.25. The van der Waals surface area contributed by atoms with E-state index in [9.17, 15) is 0 Å². The molecule has 2 N–H and O–H groups in total. The molecule has 1 fully saturated rings. The molecule has 0 spiro atoms. The summed E-state index contributed by atoms with van der Waals surface area (Å²) in [4.78, 5) is 0.589. The molecule has 0 bridgehead atoms. The van der Waals surface area contributed by atoms with Gasteiger partial charge >= 0.3 is 0 Å². The number of thiocarbonyl (C=S) groups is 1. The smallest absolute Gasteiger partial charge is 0.0785 e. The van der Waals surface area contributed by atoms with Gasteiger partial charge in [-0.25, -0.2) is 0 Å². The second kappa shape index (κ2) is 5.66. The Kier molecular flexibility index (Phi) is 4.96. The van der Waals surface area contributed by atoms with Gasteiger partial charge in [0.15, 0.2) is 0 Å². The molecule has 17 heavy (non-hydrogen) atoms. The van der Waals surface area contributed by atoms with Crippen molar-refractivity contribution >= 4 is 17.2 Å². The third-order valence-electron chi connectivity index (χ3n) is 4.03. The molecule has 2 nitrogen and oxygen atoms in total. The van der Waals surface area contributed by atoms with E-state index in [4.69, 9.17) is 22.7 Å². The van der Waals surface area contributed by atoms with Crippen LogP contribution in [-0.2, 0) is 4.74 Å². The molecule has 0 aromatic heterocycles. The average molecular weight is 257 g/mol. The highest BCUT2D eigenvalue weighted by atomic mass is 32.1. The maximum Gasteiger partial charge on any atom is 0.0785 e. The Bertz CT molecular complexity index is 263. The Morgan fingerprint density at radius 3 is 2.35 bits per heavy atom. The Morgan fingerprint density at radius 1 is 1.35 bits per heavy atom. The van der Waals surface area contributed by atoms with Crippen LogP contribution < -0.4 is 5.73 Å². The summed E-state index contributed by atoms with van der Waals surface area (Å²) in [5.41, 5.74) is 6.13. The minimum absolute atomic E-state index is 0.0801. The summed E-state index contributed by atoms with van der Waals surface area (Å²) in [5.74, 6) is 0. The van der Waals surface area contributed by atoms with Crippen LogP contribution in [0.1, 0.15) is 59.8 Å². The van der Waals surface area contributed by atoms with E-state index in [1.54, 1.807) is 0 Å². The van der Waals surface area contributed by atoms with Gasteiger partial charge in [0.2, 0.25) is 0 Å². The van der Waals surface area contributed by atoms with Gasteiger partial charge in [-0.15, -0.1) is 0 Å². The lowest BCUT2D eigenvalue weighted by Crippen LogP contribution is -2.32. The molecule has 3 heteroatoms. The summed E-state index contributed by atoms with van der Waals surface area (Å²) >= 11 is 5.05. The van der Waals surface area contributed by atoms with Gasteiger partial charge in [-0.3, -0.25) is 0 Å². The van der Waals surface area contributed by atoms with E-state index < -0.39 is 0 Å². The lowest BCUT2D eigenvalue weighted by Gasteiger charge is -2.34. The maximum absolute atomic E-state index is 5.95. The minimum atomic E-state index is -0.0801. The zero-order chi connectivity index (χ0) is 13.1. The van der Waals surface area contributed by atoms with Gasteiger partial charge in [0.05, 0.1) is 11.1 Å². The lowest BCUT2D eigenvalue weighted by molar-refractivity contribution is -0.00234. The zero-order valence-electron chi connectivity index (χ0n) is 11.7. The van der Waals surface area contributed by atoms with Crippen molar-refractivity contribution in [3.05, 3.63) is 0 Å². The number of hydrogen-bond acceptors (Lipinski definition) is 2. The first-order chi connectivity index (χ1) is 7.73. The van der Waals surface area contributed by atoms with Crippen LogP contribution in [0.4, 0.5) is 0 Å². The average Bonchev–Trinajstić information content (AvgIpc) is 2.20. The van der Waals surface area contributed by atoms with Crippen molar-refractivity contribution in [2.45, 2.75) is 65.9 Å². The molecule has 0 aromatic carbocycles. The molecule has 100 valence electrons.